The zero-order chi connectivity index (χ0) is 19.9. The Morgan fingerprint density at radius 2 is 1.23 bits per heavy atom. The number of unbranched alkanes of at least 4 members (excludes halogenated alkanes) is 3. The molecule has 0 fully saturated rings. The zero-order valence-electron chi connectivity index (χ0n) is 17.8. The van der Waals surface area contributed by atoms with Gasteiger partial charge in [0, 0.05) is 0 Å². The van der Waals surface area contributed by atoms with Crippen molar-refractivity contribution in [2.45, 2.75) is 86.5 Å². The molecule has 1 unspecified atom stereocenters. The van der Waals surface area contributed by atoms with E-state index in [2.05, 4.69) is 13.8 Å². The van der Waals surface area contributed by atoms with Crippen LogP contribution in [0.3, 0.4) is 0 Å². The molecule has 1 atom stereocenters. The highest BCUT2D eigenvalue weighted by Crippen LogP contribution is 2.21. The first kappa shape index (κ1) is 24.7. The van der Waals surface area contributed by atoms with Gasteiger partial charge in [-0.05, 0) is 30.6 Å². The van der Waals surface area contributed by atoms with Crippen molar-refractivity contribution in [3.05, 3.63) is 11.6 Å². The lowest BCUT2D eigenvalue weighted by Crippen LogP contribution is -2.22. The second kappa shape index (κ2) is 14.8. The number of esters is 2. The summed E-state index contributed by atoms with van der Waals surface area (Å²) in [5.41, 5.74) is 0.0731. The van der Waals surface area contributed by atoms with Crippen molar-refractivity contribution >= 4 is 11.9 Å². The molecule has 0 aliphatic heterocycles. The highest BCUT2D eigenvalue weighted by Gasteiger charge is 2.24. The van der Waals surface area contributed by atoms with Crippen LogP contribution in [0.15, 0.2) is 11.6 Å². The molecule has 0 heterocycles. The standard InChI is InChI=1S/C22H40O4/c1-7-9-11-13-19(12-10-8-2)14-20(21(23)25-15-17(3)4)22(24)26-16-18(5)6/h14,17-19H,7-13,15-16H2,1-6H3. The van der Waals surface area contributed by atoms with Crippen molar-refractivity contribution in [3.8, 4) is 0 Å². The van der Waals surface area contributed by atoms with E-state index >= 15 is 0 Å². The third-order valence-electron chi connectivity index (χ3n) is 4.04. The van der Waals surface area contributed by atoms with Crippen LogP contribution in [0.1, 0.15) is 86.5 Å². The minimum absolute atomic E-state index is 0.0731. The molecule has 26 heavy (non-hydrogen) atoms. The van der Waals surface area contributed by atoms with Gasteiger partial charge in [-0.2, -0.15) is 0 Å². The van der Waals surface area contributed by atoms with E-state index < -0.39 is 11.9 Å². The molecule has 4 heteroatoms. The van der Waals surface area contributed by atoms with Crippen LogP contribution in [0.2, 0.25) is 0 Å². The van der Waals surface area contributed by atoms with Gasteiger partial charge in [-0.15, -0.1) is 0 Å². The Balaban J connectivity index is 5.26. The first-order valence-corrected chi connectivity index (χ1v) is 10.4. The Morgan fingerprint density at radius 1 is 0.769 bits per heavy atom. The molecule has 4 nitrogen and oxygen atoms in total. The van der Waals surface area contributed by atoms with Crippen molar-refractivity contribution in [2.75, 3.05) is 13.2 Å². The van der Waals surface area contributed by atoms with E-state index in [4.69, 9.17) is 9.47 Å². The predicted molar refractivity (Wildman–Crippen MR) is 107 cm³/mol. The van der Waals surface area contributed by atoms with E-state index in [1.807, 2.05) is 33.8 Å². The maximum absolute atomic E-state index is 12.5. The molecule has 0 aromatic heterocycles. The summed E-state index contributed by atoms with van der Waals surface area (Å²) in [7, 11) is 0. The normalized spacial score (nSPS) is 12.2. The second-order valence-corrected chi connectivity index (χ2v) is 7.96. The molecule has 0 aliphatic carbocycles. The van der Waals surface area contributed by atoms with Crippen LogP contribution in [0.4, 0.5) is 0 Å². The van der Waals surface area contributed by atoms with E-state index in [0.29, 0.717) is 13.2 Å². The predicted octanol–water partition coefficient (Wildman–Crippen LogP) is 5.70. The lowest BCUT2D eigenvalue weighted by Gasteiger charge is -2.16. The molecule has 0 bridgehead atoms. The van der Waals surface area contributed by atoms with E-state index in [1.54, 1.807) is 0 Å². The van der Waals surface area contributed by atoms with Crippen molar-refractivity contribution in [1.82, 2.24) is 0 Å². The Morgan fingerprint density at radius 3 is 1.65 bits per heavy atom. The van der Waals surface area contributed by atoms with E-state index in [0.717, 1.165) is 38.5 Å². The summed E-state index contributed by atoms with van der Waals surface area (Å²) in [6.45, 7) is 12.8. The molecule has 0 saturated heterocycles. The van der Waals surface area contributed by atoms with Crippen LogP contribution >= 0.6 is 0 Å². The molecular formula is C22H40O4. The fraction of sp³-hybridized carbons (Fsp3) is 0.818. The van der Waals surface area contributed by atoms with Gasteiger partial charge in [0.1, 0.15) is 5.57 Å². The number of hydrogen-bond donors (Lipinski definition) is 0. The molecule has 0 N–H and O–H groups in total. The summed E-state index contributed by atoms with van der Waals surface area (Å²) in [5, 5.41) is 0. The Kier molecular flexibility index (Phi) is 14.1. The van der Waals surface area contributed by atoms with Crippen LogP contribution in [-0.4, -0.2) is 25.2 Å². The maximum atomic E-state index is 12.5. The average molecular weight is 369 g/mol. The summed E-state index contributed by atoms with van der Waals surface area (Å²) in [5.74, 6) is -0.428. The Labute approximate surface area is 160 Å². The molecule has 0 spiro atoms. The van der Waals surface area contributed by atoms with Gasteiger partial charge < -0.3 is 9.47 Å². The van der Waals surface area contributed by atoms with Gasteiger partial charge in [-0.1, -0.05) is 79.7 Å². The van der Waals surface area contributed by atoms with Crippen LogP contribution in [0, 0.1) is 17.8 Å². The van der Waals surface area contributed by atoms with Crippen molar-refractivity contribution < 1.29 is 19.1 Å². The van der Waals surface area contributed by atoms with Gasteiger partial charge in [0.25, 0.3) is 0 Å². The van der Waals surface area contributed by atoms with Crippen LogP contribution in [0.5, 0.6) is 0 Å². The minimum atomic E-state index is -0.551. The van der Waals surface area contributed by atoms with Crippen LogP contribution in [-0.2, 0) is 19.1 Å². The molecule has 0 rings (SSSR count). The number of carbonyl (C=O) groups excluding carboxylic acids is 2. The highest BCUT2D eigenvalue weighted by atomic mass is 16.6. The average Bonchev–Trinajstić information content (AvgIpc) is 2.59. The Bertz CT molecular complexity index is 398. The first-order valence-electron chi connectivity index (χ1n) is 10.4. The minimum Gasteiger partial charge on any atom is -0.462 e. The summed E-state index contributed by atoms with van der Waals surface area (Å²) in [6, 6.07) is 0. The fourth-order valence-electron chi connectivity index (χ4n) is 2.53. The molecule has 0 amide bonds. The van der Waals surface area contributed by atoms with Gasteiger partial charge >= 0.3 is 11.9 Å². The van der Waals surface area contributed by atoms with E-state index in [1.165, 1.54) is 6.42 Å². The summed E-state index contributed by atoms with van der Waals surface area (Å²) in [6.07, 6.45) is 9.41. The quantitative estimate of drug-likeness (QED) is 0.130. The lowest BCUT2D eigenvalue weighted by molar-refractivity contribution is -0.148. The molecular weight excluding hydrogens is 328 g/mol. The molecule has 0 radical (unpaired) electrons. The van der Waals surface area contributed by atoms with Crippen molar-refractivity contribution in [2.24, 2.45) is 17.8 Å². The SMILES string of the molecule is CCCCCC(C=C(C(=O)OCC(C)C)C(=O)OCC(C)C)CCCC. The lowest BCUT2D eigenvalue weighted by atomic mass is 9.93. The molecule has 0 aromatic rings. The summed E-state index contributed by atoms with van der Waals surface area (Å²) in [4.78, 5) is 25.0. The number of rotatable bonds is 14. The fourth-order valence-corrected chi connectivity index (χ4v) is 2.53. The van der Waals surface area contributed by atoms with Crippen molar-refractivity contribution in [3.63, 3.8) is 0 Å². The first-order chi connectivity index (χ1) is 12.3. The van der Waals surface area contributed by atoms with Gasteiger partial charge in [0.2, 0.25) is 0 Å². The van der Waals surface area contributed by atoms with Gasteiger partial charge in [0.15, 0.2) is 0 Å². The maximum Gasteiger partial charge on any atom is 0.345 e. The van der Waals surface area contributed by atoms with Crippen molar-refractivity contribution in [1.29, 1.82) is 0 Å². The smallest absolute Gasteiger partial charge is 0.345 e. The highest BCUT2D eigenvalue weighted by molar-refractivity contribution is 6.14. The number of allylic oxidation sites excluding steroid dienone is 1. The second-order valence-electron chi connectivity index (χ2n) is 7.96. The summed E-state index contributed by atoms with van der Waals surface area (Å²) < 4.78 is 10.6. The number of carbonyl (C=O) groups is 2. The van der Waals surface area contributed by atoms with E-state index in [-0.39, 0.29) is 23.3 Å². The molecule has 0 saturated carbocycles. The molecule has 0 aliphatic rings. The van der Waals surface area contributed by atoms with Gasteiger partial charge in [-0.3, -0.25) is 0 Å². The van der Waals surface area contributed by atoms with Gasteiger partial charge in [0.05, 0.1) is 13.2 Å². The van der Waals surface area contributed by atoms with Crippen LogP contribution < -0.4 is 0 Å². The Hall–Kier alpha value is -1.32. The monoisotopic (exact) mass is 368 g/mol. The molecule has 152 valence electrons. The van der Waals surface area contributed by atoms with E-state index in [9.17, 15) is 9.59 Å². The number of hydrogen-bond acceptors (Lipinski definition) is 4. The molecule has 0 aromatic carbocycles. The third-order valence-corrected chi connectivity index (χ3v) is 4.04. The zero-order valence-corrected chi connectivity index (χ0v) is 17.8. The largest absolute Gasteiger partial charge is 0.462 e. The topological polar surface area (TPSA) is 52.6 Å². The van der Waals surface area contributed by atoms with Gasteiger partial charge in [-0.25, -0.2) is 9.59 Å². The summed E-state index contributed by atoms with van der Waals surface area (Å²) >= 11 is 0. The number of ether oxygens (including phenoxy) is 2. The van der Waals surface area contributed by atoms with Crippen LogP contribution in [0.25, 0.3) is 0 Å². The third kappa shape index (κ3) is 12.1.